The molecule has 132 valence electrons. The highest BCUT2D eigenvalue weighted by atomic mass is 35.5. The Balaban J connectivity index is 0.00000264. The van der Waals surface area contributed by atoms with Crippen molar-refractivity contribution in [1.29, 1.82) is 0 Å². The van der Waals surface area contributed by atoms with Gasteiger partial charge in [-0.15, -0.1) is 12.4 Å². The normalized spacial score (nSPS) is 17.0. The molecule has 1 aliphatic heterocycles. The molecule has 0 atom stereocenters. The number of rotatable bonds is 5. The molecule has 23 heavy (non-hydrogen) atoms. The van der Waals surface area contributed by atoms with Crippen LogP contribution in [-0.2, 0) is 10.0 Å². The Bertz CT molecular complexity index is 635. The molecule has 1 N–H and O–H groups in total. The Morgan fingerprint density at radius 1 is 1.17 bits per heavy atom. The monoisotopic (exact) mass is 372 g/mol. The second kappa shape index (κ2) is 8.32. The van der Waals surface area contributed by atoms with E-state index in [2.05, 4.69) is 16.5 Å². The first-order valence-corrected chi connectivity index (χ1v) is 8.71. The lowest BCUT2D eigenvalue weighted by Gasteiger charge is -2.31. The van der Waals surface area contributed by atoms with E-state index in [1.165, 1.54) is 0 Å². The van der Waals surface area contributed by atoms with Crippen LogP contribution in [0.15, 0.2) is 17.0 Å². The SMILES string of the molecule is CCCN1CCC(NS(=O)(=O)c2ccc(F)c(F)c2F)CC1.Cl. The van der Waals surface area contributed by atoms with Crippen LogP contribution in [0.5, 0.6) is 0 Å². The summed E-state index contributed by atoms with van der Waals surface area (Å²) < 4.78 is 66.4. The van der Waals surface area contributed by atoms with Gasteiger partial charge in [-0.1, -0.05) is 6.92 Å². The van der Waals surface area contributed by atoms with E-state index in [-0.39, 0.29) is 18.4 Å². The molecule has 1 aromatic rings. The van der Waals surface area contributed by atoms with Crippen molar-refractivity contribution in [1.82, 2.24) is 9.62 Å². The number of likely N-dealkylation sites (tertiary alicyclic amines) is 1. The van der Waals surface area contributed by atoms with Gasteiger partial charge in [0.2, 0.25) is 10.0 Å². The van der Waals surface area contributed by atoms with Gasteiger partial charge in [-0.2, -0.15) is 0 Å². The van der Waals surface area contributed by atoms with E-state index in [0.29, 0.717) is 18.9 Å². The first-order valence-electron chi connectivity index (χ1n) is 7.23. The van der Waals surface area contributed by atoms with Gasteiger partial charge in [-0.3, -0.25) is 0 Å². The van der Waals surface area contributed by atoms with E-state index >= 15 is 0 Å². The lowest BCUT2D eigenvalue weighted by molar-refractivity contribution is 0.207. The molecule has 0 aliphatic carbocycles. The maximum absolute atomic E-state index is 13.6. The molecular weight excluding hydrogens is 353 g/mol. The topological polar surface area (TPSA) is 49.4 Å². The fourth-order valence-corrected chi connectivity index (χ4v) is 3.96. The van der Waals surface area contributed by atoms with Gasteiger partial charge in [0.25, 0.3) is 0 Å². The fraction of sp³-hybridized carbons (Fsp3) is 0.571. The van der Waals surface area contributed by atoms with Gasteiger partial charge in [0.15, 0.2) is 17.5 Å². The predicted molar refractivity (Wildman–Crippen MR) is 83.6 cm³/mol. The Morgan fingerprint density at radius 2 is 1.78 bits per heavy atom. The minimum atomic E-state index is -4.21. The summed E-state index contributed by atoms with van der Waals surface area (Å²) in [6, 6.07) is 1.02. The van der Waals surface area contributed by atoms with Crippen molar-refractivity contribution in [3.63, 3.8) is 0 Å². The molecule has 9 heteroatoms. The Labute approximate surface area is 140 Å². The largest absolute Gasteiger partial charge is 0.303 e. The molecule has 0 bridgehead atoms. The summed E-state index contributed by atoms with van der Waals surface area (Å²) in [4.78, 5) is 1.37. The Morgan fingerprint density at radius 3 is 2.35 bits per heavy atom. The van der Waals surface area contributed by atoms with Crippen molar-refractivity contribution in [2.24, 2.45) is 0 Å². The highest BCUT2D eigenvalue weighted by Crippen LogP contribution is 2.21. The van der Waals surface area contributed by atoms with Crippen LogP contribution in [0.25, 0.3) is 0 Å². The lowest BCUT2D eigenvalue weighted by atomic mass is 10.1. The zero-order chi connectivity index (χ0) is 16.3. The quantitative estimate of drug-likeness (QED) is 0.808. The molecule has 1 fully saturated rings. The van der Waals surface area contributed by atoms with Crippen LogP contribution in [0.3, 0.4) is 0 Å². The van der Waals surface area contributed by atoms with Crippen molar-refractivity contribution in [2.75, 3.05) is 19.6 Å². The maximum atomic E-state index is 13.6. The lowest BCUT2D eigenvalue weighted by Crippen LogP contribution is -2.44. The Kier molecular flexibility index (Phi) is 7.31. The molecule has 2 rings (SSSR count). The second-order valence-corrected chi connectivity index (χ2v) is 7.09. The summed E-state index contributed by atoms with van der Waals surface area (Å²) >= 11 is 0. The predicted octanol–water partition coefficient (Wildman–Crippen LogP) is 2.68. The van der Waals surface area contributed by atoms with Gasteiger partial charge >= 0.3 is 0 Å². The number of nitrogens with zero attached hydrogens (tertiary/aromatic N) is 1. The average molecular weight is 373 g/mol. The number of halogens is 4. The summed E-state index contributed by atoms with van der Waals surface area (Å²) in [5.74, 6) is -4.87. The van der Waals surface area contributed by atoms with Crippen LogP contribution >= 0.6 is 12.4 Å². The van der Waals surface area contributed by atoms with Crippen LogP contribution in [0.1, 0.15) is 26.2 Å². The molecule has 0 unspecified atom stereocenters. The van der Waals surface area contributed by atoms with Gasteiger partial charge in [0.1, 0.15) is 4.90 Å². The number of hydrogen-bond acceptors (Lipinski definition) is 3. The molecular formula is C14H20ClF3N2O2S. The molecule has 0 radical (unpaired) electrons. The second-order valence-electron chi connectivity index (χ2n) is 5.41. The van der Waals surface area contributed by atoms with Crippen LogP contribution in [-0.4, -0.2) is 39.0 Å². The van der Waals surface area contributed by atoms with Gasteiger partial charge in [0, 0.05) is 6.04 Å². The zero-order valence-corrected chi connectivity index (χ0v) is 14.3. The van der Waals surface area contributed by atoms with Crippen molar-refractivity contribution < 1.29 is 21.6 Å². The van der Waals surface area contributed by atoms with Gasteiger partial charge in [-0.05, 0) is 51.0 Å². The van der Waals surface area contributed by atoms with E-state index in [1.807, 2.05) is 0 Å². The molecule has 1 saturated heterocycles. The molecule has 4 nitrogen and oxygen atoms in total. The molecule has 0 aromatic heterocycles. The summed E-state index contributed by atoms with van der Waals surface area (Å²) in [5.41, 5.74) is 0. The van der Waals surface area contributed by atoms with Gasteiger partial charge < -0.3 is 4.90 Å². The van der Waals surface area contributed by atoms with Crippen LogP contribution in [0, 0.1) is 17.5 Å². The number of hydrogen-bond donors (Lipinski definition) is 1. The maximum Gasteiger partial charge on any atom is 0.243 e. The first-order chi connectivity index (χ1) is 10.3. The van der Waals surface area contributed by atoms with Crippen LogP contribution in [0.4, 0.5) is 13.2 Å². The highest BCUT2D eigenvalue weighted by molar-refractivity contribution is 7.89. The molecule has 1 heterocycles. The molecule has 0 saturated carbocycles. The standard InChI is InChI=1S/C14H19F3N2O2S.ClH/c1-2-7-19-8-5-10(6-9-19)18-22(20,21)12-4-3-11(15)13(16)14(12)17;/h3-4,10,18H,2,5-9H2,1H3;1H. The third-order valence-electron chi connectivity index (χ3n) is 3.74. The summed E-state index contributed by atoms with van der Waals surface area (Å²) in [6.07, 6.45) is 2.23. The highest BCUT2D eigenvalue weighted by Gasteiger charge is 2.28. The third-order valence-corrected chi connectivity index (χ3v) is 5.28. The molecule has 1 aliphatic rings. The van der Waals surface area contributed by atoms with Crippen LogP contribution < -0.4 is 4.72 Å². The van der Waals surface area contributed by atoms with E-state index in [4.69, 9.17) is 0 Å². The van der Waals surface area contributed by atoms with Gasteiger partial charge in [-0.25, -0.2) is 26.3 Å². The Hall–Kier alpha value is -0.830. The van der Waals surface area contributed by atoms with Gasteiger partial charge in [0.05, 0.1) is 0 Å². The van der Waals surface area contributed by atoms with Crippen molar-refractivity contribution >= 4 is 22.4 Å². The number of piperidine rings is 1. The first kappa shape index (κ1) is 20.2. The third kappa shape index (κ3) is 4.82. The minimum absolute atomic E-state index is 0. The molecule has 0 amide bonds. The number of benzene rings is 1. The summed E-state index contributed by atoms with van der Waals surface area (Å²) in [7, 11) is -4.21. The van der Waals surface area contributed by atoms with Crippen molar-refractivity contribution in [3.05, 3.63) is 29.6 Å². The van der Waals surface area contributed by atoms with E-state index in [1.54, 1.807) is 0 Å². The summed E-state index contributed by atoms with van der Waals surface area (Å²) in [6.45, 7) is 4.53. The fourth-order valence-electron chi connectivity index (χ4n) is 2.59. The van der Waals surface area contributed by atoms with Crippen molar-refractivity contribution in [2.45, 2.75) is 37.1 Å². The number of sulfonamides is 1. The van der Waals surface area contributed by atoms with E-state index < -0.39 is 32.4 Å². The van der Waals surface area contributed by atoms with E-state index in [0.717, 1.165) is 32.1 Å². The van der Waals surface area contributed by atoms with Crippen molar-refractivity contribution in [3.8, 4) is 0 Å². The minimum Gasteiger partial charge on any atom is -0.303 e. The molecule has 1 aromatic carbocycles. The molecule has 0 spiro atoms. The zero-order valence-electron chi connectivity index (χ0n) is 12.7. The number of nitrogens with one attached hydrogen (secondary N) is 1. The average Bonchev–Trinajstić information content (AvgIpc) is 2.46. The smallest absolute Gasteiger partial charge is 0.243 e. The van der Waals surface area contributed by atoms with Crippen LogP contribution in [0.2, 0.25) is 0 Å². The summed E-state index contributed by atoms with van der Waals surface area (Å²) in [5, 5.41) is 0. The van der Waals surface area contributed by atoms with E-state index in [9.17, 15) is 21.6 Å².